The Bertz CT molecular complexity index is 916. The molecule has 2 heterocycles. The van der Waals surface area contributed by atoms with Gasteiger partial charge in [-0.3, -0.25) is 25.2 Å². The van der Waals surface area contributed by atoms with Crippen molar-refractivity contribution in [2.24, 2.45) is 0 Å². The fraction of sp³-hybridized carbons (Fsp3) is 0.0714. The highest BCUT2D eigenvalue weighted by atomic mass is 16.3. The van der Waals surface area contributed by atoms with Crippen molar-refractivity contribution in [2.75, 3.05) is 0 Å². The number of fused-ring (bicyclic) bond motifs is 1. The number of rotatable bonds is 3. The van der Waals surface area contributed by atoms with Gasteiger partial charge in [-0.2, -0.15) is 0 Å². The van der Waals surface area contributed by atoms with Gasteiger partial charge in [0.1, 0.15) is 12.1 Å². The molecule has 3 aromatic rings. The lowest BCUT2D eigenvalue weighted by molar-refractivity contribution is -0.122. The van der Waals surface area contributed by atoms with Crippen molar-refractivity contribution in [3.05, 3.63) is 58.8 Å². The normalized spacial score (nSPS) is 10.4. The zero-order valence-corrected chi connectivity index (χ0v) is 11.7. The molecular formula is C14H11N5O4. The summed E-state index contributed by atoms with van der Waals surface area (Å²) in [5, 5.41) is 7.90. The van der Waals surface area contributed by atoms with E-state index in [2.05, 4.69) is 21.2 Å². The number of nitrogens with one attached hydrogen (secondary N) is 2. The SMILES string of the molecule is O=C(Cn1nnc2ccccc2c1=O)NNC(=O)c1ccco1. The van der Waals surface area contributed by atoms with Gasteiger partial charge in [-0.1, -0.05) is 17.3 Å². The molecule has 0 saturated carbocycles. The number of hydrogen-bond acceptors (Lipinski definition) is 6. The van der Waals surface area contributed by atoms with Crippen LogP contribution in [0.5, 0.6) is 0 Å². The van der Waals surface area contributed by atoms with E-state index in [1.54, 1.807) is 30.3 Å². The number of hydrogen-bond donors (Lipinski definition) is 2. The molecule has 0 spiro atoms. The maximum atomic E-state index is 12.2. The van der Waals surface area contributed by atoms with Crippen molar-refractivity contribution in [1.82, 2.24) is 25.8 Å². The number of aromatic nitrogens is 3. The minimum atomic E-state index is -0.628. The van der Waals surface area contributed by atoms with Crippen LogP contribution in [0.4, 0.5) is 0 Å². The molecule has 0 unspecified atom stereocenters. The molecule has 0 atom stereocenters. The summed E-state index contributed by atoms with van der Waals surface area (Å²) in [5.74, 6) is -1.19. The van der Waals surface area contributed by atoms with Crippen LogP contribution in [0.15, 0.2) is 51.9 Å². The van der Waals surface area contributed by atoms with Gasteiger partial charge < -0.3 is 4.42 Å². The number of nitrogens with zero attached hydrogens (tertiary/aromatic N) is 3. The molecule has 2 N–H and O–H groups in total. The highest BCUT2D eigenvalue weighted by Gasteiger charge is 2.12. The first-order valence-electron chi connectivity index (χ1n) is 6.60. The van der Waals surface area contributed by atoms with Crippen molar-refractivity contribution in [2.45, 2.75) is 6.54 Å². The van der Waals surface area contributed by atoms with Crippen LogP contribution in [-0.2, 0) is 11.3 Å². The molecule has 9 heteroatoms. The zero-order valence-electron chi connectivity index (χ0n) is 11.7. The Balaban J connectivity index is 1.67. The molecule has 1 aromatic carbocycles. The third kappa shape index (κ3) is 3.07. The summed E-state index contributed by atoms with van der Waals surface area (Å²) in [6.45, 7) is -0.380. The quantitative estimate of drug-likeness (QED) is 0.649. The molecule has 0 bridgehead atoms. The summed E-state index contributed by atoms with van der Waals surface area (Å²) in [6.07, 6.45) is 1.33. The topological polar surface area (TPSA) is 119 Å². The molecule has 0 aliphatic heterocycles. The average molecular weight is 313 g/mol. The molecule has 2 aromatic heterocycles. The molecule has 0 fully saturated rings. The lowest BCUT2D eigenvalue weighted by Gasteiger charge is -2.07. The second kappa shape index (κ2) is 6.10. The molecule has 0 saturated heterocycles. The fourth-order valence-electron chi connectivity index (χ4n) is 1.90. The molecule has 3 rings (SSSR count). The van der Waals surface area contributed by atoms with E-state index in [4.69, 9.17) is 4.42 Å². The Morgan fingerprint density at radius 2 is 1.96 bits per heavy atom. The summed E-state index contributed by atoms with van der Waals surface area (Å²) < 4.78 is 5.79. The van der Waals surface area contributed by atoms with Crippen LogP contribution in [-0.4, -0.2) is 26.8 Å². The van der Waals surface area contributed by atoms with Crippen LogP contribution in [0.1, 0.15) is 10.6 Å². The van der Waals surface area contributed by atoms with Gasteiger partial charge in [-0.15, -0.1) is 5.10 Å². The molecule has 116 valence electrons. The minimum Gasteiger partial charge on any atom is -0.459 e. The maximum Gasteiger partial charge on any atom is 0.305 e. The molecular weight excluding hydrogens is 302 g/mol. The summed E-state index contributed by atoms with van der Waals surface area (Å²) >= 11 is 0. The van der Waals surface area contributed by atoms with E-state index in [0.29, 0.717) is 10.9 Å². The van der Waals surface area contributed by atoms with Gasteiger partial charge >= 0.3 is 5.91 Å². The van der Waals surface area contributed by atoms with Gasteiger partial charge in [-0.25, -0.2) is 4.68 Å². The van der Waals surface area contributed by atoms with Gasteiger partial charge in [0.05, 0.1) is 11.6 Å². The first-order valence-corrected chi connectivity index (χ1v) is 6.60. The number of hydrazine groups is 1. The second-order valence-electron chi connectivity index (χ2n) is 4.55. The van der Waals surface area contributed by atoms with E-state index < -0.39 is 17.4 Å². The van der Waals surface area contributed by atoms with E-state index in [1.807, 2.05) is 0 Å². The molecule has 0 radical (unpaired) electrons. The van der Waals surface area contributed by atoms with E-state index in [0.717, 1.165) is 4.68 Å². The van der Waals surface area contributed by atoms with Gasteiger partial charge in [0.2, 0.25) is 0 Å². The Morgan fingerprint density at radius 1 is 1.13 bits per heavy atom. The van der Waals surface area contributed by atoms with Crippen LogP contribution in [0, 0.1) is 0 Å². The van der Waals surface area contributed by atoms with Gasteiger partial charge in [0.15, 0.2) is 5.76 Å². The van der Waals surface area contributed by atoms with Crippen LogP contribution < -0.4 is 16.4 Å². The first kappa shape index (κ1) is 14.4. The number of amides is 2. The van der Waals surface area contributed by atoms with E-state index in [9.17, 15) is 14.4 Å². The Labute approximate surface area is 128 Å². The number of furan rings is 1. The van der Waals surface area contributed by atoms with Crippen molar-refractivity contribution >= 4 is 22.7 Å². The molecule has 0 aliphatic carbocycles. The van der Waals surface area contributed by atoms with Crippen molar-refractivity contribution < 1.29 is 14.0 Å². The van der Waals surface area contributed by atoms with Crippen LogP contribution >= 0.6 is 0 Å². The molecule has 9 nitrogen and oxygen atoms in total. The van der Waals surface area contributed by atoms with Crippen molar-refractivity contribution in [3.63, 3.8) is 0 Å². The van der Waals surface area contributed by atoms with E-state index in [1.165, 1.54) is 12.3 Å². The average Bonchev–Trinajstić information content (AvgIpc) is 3.10. The van der Waals surface area contributed by atoms with Gasteiger partial charge in [-0.05, 0) is 24.3 Å². The second-order valence-corrected chi connectivity index (χ2v) is 4.55. The predicted octanol–water partition coefficient (Wildman–Crippen LogP) is -0.154. The highest BCUT2D eigenvalue weighted by Crippen LogP contribution is 2.03. The Kier molecular flexibility index (Phi) is 3.83. The smallest absolute Gasteiger partial charge is 0.305 e. The first-order chi connectivity index (χ1) is 11.1. The maximum absolute atomic E-state index is 12.2. The number of benzene rings is 1. The number of carbonyl (C=O) groups excluding carboxylic acids is 2. The van der Waals surface area contributed by atoms with Crippen LogP contribution in [0.3, 0.4) is 0 Å². The summed E-state index contributed by atoms with van der Waals surface area (Å²) in [6, 6.07) is 9.66. The number of carbonyl (C=O) groups is 2. The minimum absolute atomic E-state index is 0.0490. The van der Waals surface area contributed by atoms with E-state index >= 15 is 0 Å². The van der Waals surface area contributed by atoms with Crippen LogP contribution in [0.25, 0.3) is 10.9 Å². The third-order valence-electron chi connectivity index (χ3n) is 2.98. The Hall–Kier alpha value is -3.49. The van der Waals surface area contributed by atoms with Gasteiger partial charge in [0.25, 0.3) is 11.5 Å². The summed E-state index contributed by atoms with van der Waals surface area (Å²) in [5.41, 5.74) is 4.34. The van der Waals surface area contributed by atoms with Crippen molar-refractivity contribution in [1.29, 1.82) is 0 Å². The predicted molar refractivity (Wildman–Crippen MR) is 78.1 cm³/mol. The fourth-order valence-corrected chi connectivity index (χ4v) is 1.90. The lowest BCUT2D eigenvalue weighted by Crippen LogP contribution is -2.44. The summed E-state index contributed by atoms with van der Waals surface area (Å²) in [4.78, 5) is 35.5. The lowest BCUT2D eigenvalue weighted by atomic mass is 10.2. The Morgan fingerprint density at radius 3 is 2.74 bits per heavy atom. The monoisotopic (exact) mass is 313 g/mol. The van der Waals surface area contributed by atoms with E-state index in [-0.39, 0.29) is 12.3 Å². The highest BCUT2D eigenvalue weighted by molar-refractivity contribution is 5.92. The molecule has 2 amide bonds. The van der Waals surface area contributed by atoms with Crippen molar-refractivity contribution in [3.8, 4) is 0 Å². The largest absolute Gasteiger partial charge is 0.459 e. The standard InChI is InChI=1S/C14H11N5O4/c20-12(16-17-13(21)11-6-3-7-23-11)8-19-14(22)9-4-1-2-5-10(9)15-18-19/h1-7H,8H2,(H,16,20)(H,17,21). The summed E-state index contributed by atoms with van der Waals surface area (Å²) in [7, 11) is 0. The molecule has 0 aliphatic rings. The van der Waals surface area contributed by atoms with Crippen LogP contribution in [0.2, 0.25) is 0 Å². The zero-order chi connectivity index (χ0) is 16.2. The third-order valence-corrected chi connectivity index (χ3v) is 2.98. The molecule has 23 heavy (non-hydrogen) atoms. The van der Waals surface area contributed by atoms with Gasteiger partial charge in [0, 0.05) is 0 Å².